The minimum atomic E-state index is 0.565. The lowest BCUT2D eigenvalue weighted by atomic mass is 9.96. The predicted octanol–water partition coefficient (Wildman–Crippen LogP) is 2.68. The maximum Gasteiger partial charge on any atom is 0.00390 e. The fraction of sp³-hybridized carbons (Fsp3) is 0.778. The Hall–Kier alpha value is -0.460. The number of rotatable bonds is 5. The van der Waals surface area contributed by atoms with Gasteiger partial charge in [0.25, 0.3) is 0 Å². The first-order valence-corrected chi connectivity index (χ1v) is 4.16. The summed E-state index contributed by atoms with van der Waals surface area (Å²) in [4.78, 5) is 0. The van der Waals surface area contributed by atoms with Crippen molar-refractivity contribution in [3.63, 3.8) is 0 Å². The lowest BCUT2D eigenvalue weighted by Gasteiger charge is -2.13. The second kappa shape index (κ2) is 5.33. The number of nitrogens with two attached hydrogens (primary N) is 1. The van der Waals surface area contributed by atoms with Crippen LogP contribution in [0.5, 0.6) is 0 Å². The molecule has 0 aromatic rings. The van der Waals surface area contributed by atoms with Crippen LogP contribution in [0, 0.1) is 5.92 Å². The Morgan fingerprint density at radius 1 is 1.30 bits per heavy atom. The first-order chi connectivity index (χ1) is 4.72. The van der Waals surface area contributed by atoms with E-state index in [1.807, 2.05) is 0 Å². The zero-order chi connectivity index (χ0) is 7.98. The van der Waals surface area contributed by atoms with Crippen LogP contribution in [0.1, 0.15) is 39.5 Å². The van der Waals surface area contributed by atoms with Crippen LogP contribution in [0.3, 0.4) is 0 Å². The van der Waals surface area contributed by atoms with Crippen LogP contribution >= 0.6 is 0 Å². The first kappa shape index (κ1) is 9.54. The van der Waals surface area contributed by atoms with Crippen LogP contribution < -0.4 is 5.73 Å². The Morgan fingerprint density at radius 2 is 1.70 bits per heavy atom. The summed E-state index contributed by atoms with van der Waals surface area (Å²) in [5, 5.41) is 0. The van der Waals surface area contributed by atoms with Crippen molar-refractivity contribution >= 4 is 0 Å². The molecule has 0 rings (SSSR count). The monoisotopic (exact) mass is 141 g/mol. The molecule has 2 N–H and O–H groups in total. The predicted molar refractivity (Wildman–Crippen MR) is 46.6 cm³/mol. The molecule has 0 radical (unpaired) electrons. The summed E-state index contributed by atoms with van der Waals surface area (Å²) in [5.41, 5.74) is 6.48. The zero-order valence-corrected chi connectivity index (χ0v) is 7.19. The fourth-order valence-electron chi connectivity index (χ4n) is 1.21. The molecule has 0 bridgehead atoms. The van der Waals surface area contributed by atoms with Crippen molar-refractivity contribution in [2.75, 3.05) is 0 Å². The van der Waals surface area contributed by atoms with E-state index in [9.17, 15) is 0 Å². The fourth-order valence-corrected chi connectivity index (χ4v) is 1.21. The van der Waals surface area contributed by atoms with Crippen LogP contribution in [0.25, 0.3) is 0 Å². The summed E-state index contributed by atoms with van der Waals surface area (Å²) in [6, 6.07) is 0. The molecule has 0 heterocycles. The van der Waals surface area contributed by atoms with Crippen molar-refractivity contribution in [1.29, 1.82) is 0 Å². The largest absolute Gasteiger partial charge is 0.402 e. The lowest BCUT2D eigenvalue weighted by molar-refractivity contribution is 0.501. The van der Waals surface area contributed by atoms with E-state index in [2.05, 4.69) is 20.4 Å². The topological polar surface area (TPSA) is 26.0 Å². The Labute approximate surface area is 64.3 Å². The second-order valence-electron chi connectivity index (χ2n) is 2.85. The highest BCUT2D eigenvalue weighted by atomic mass is 14.6. The van der Waals surface area contributed by atoms with Crippen LogP contribution in [-0.4, -0.2) is 0 Å². The van der Waals surface area contributed by atoms with Crippen LogP contribution in [0.4, 0.5) is 0 Å². The lowest BCUT2D eigenvalue weighted by Crippen LogP contribution is -2.10. The molecule has 0 aromatic heterocycles. The van der Waals surface area contributed by atoms with Crippen molar-refractivity contribution in [1.82, 2.24) is 0 Å². The van der Waals surface area contributed by atoms with Crippen molar-refractivity contribution in [2.45, 2.75) is 39.5 Å². The molecule has 1 nitrogen and oxygen atoms in total. The van der Waals surface area contributed by atoms with Crippen LogP contribution in [0.15, 0.2) is 12.3 Å². The molecule has 0 amide bonds. The summed E-state index contributed by atoms with van der Waals surface area (Å²) in [7, 11) is 0. The van der Waals surface area contributed by atoms with Crippen molar-refractivity contribution in [2.24, 2.45) is 11.7 Å². The summed E-state index contributed by atoms with van der Waals surface area (Å²) < 4.78 is 0. The van der Waals surface area contributed by atoms with Gasteiger partial charge in [0.2, 0.25) is 0 Å². The van der Waals surface area contributed by atoms with E-state index >= 15 is 0 Å². The van der Waals surface area contributed by atoms with Gasteiger partial charge in [0.15, 0.2) is 0 Å². The van der Waals surface area contributed by atoms with Gasteiger partial charge in [0.1, 0.15) is 0 Å². The normalized spacial score (nSPS) is 10.3. The first-order valence-electron chi connectivity index (χ1n) is 4.16. The van der Waals surface area contributed by atoms with Gasteiger partial charge in [-0.05, 0) is 18.8 Å². The number of allylic oxidation sites excluding steroid dienone is 1. The quantitative estimate of drug-likeness (QED) is 0.626. The number of hydrogen-bond donors (Lipinski definition) is 1. The van der Waals surface area contributed by atoms with Gasteiger partial charge in [-0.15, -0.1) is 0 Å². The van der Waals surface area contributed by atoms with Crippen molar-refractivity contribution in [3.05, 3.63) is 12.3 Å². The van der Waals surface area contributed by atoms with Gasteiger partial charge in [-0.2, -0.15) is 0 Å². The molecule has 0 spiro atoms. The smallest absolute Gasteiger partial charge is 0.00390 e. The van der Waals surface area contributed by atoms with Gasteiger partial charge in [-0.3, -0.25) is 0 Å². The molecule has 0 saturated heterocycles. The van der Waals surface area contributed by atoms with E-state index in [1.54, 1.807) is 0 Å². The van der Waals surface area contributed by atoms with E-state index in [0.29, 0.717) is 5.92 Å². The standard InChI is InChI=1S/C9H19N/c1-4-6-9(7-5-2)8(3)10/h9H,3-7,10H2,1-2H3. The molecule has 0 unspecified atom stereocenters. The van der Waals surface area contributed by atoms with E-state index in [-0.39, 0.29) is 0 Å². The summed E-state index contributed by atoms with van der Waals surface area (Å²) in [6.45, 7) is 8.14. The Morgan fingerprint density at radius 3 is 1.90 bits per heavy atom. The molecule has 0 aliphatic carbocycles. The van der Waals surface area contributed by atoms with Crippen LogP contribution in [0.2, 0.25) is 0 Å². The van der Waals surface area contributed by atoms with Gasteiger partial charge in [0.05, 0.1) is 0 Å². The Balaban J connectivity index is 3.61. The summed E-state index contributed by atoms with van der Waals surface area (Å²) >= 11 is 0. The van der Waals surface area contributed by atoms with Gasteiger partial charge < -0.3 is 5.73 Å². The maximum absolute atomic E-state index is 5.61. The molecular formula is C9H19N. The van der Waals surface area contributed by atoms with Gasteiger partial charge >= 0.3 is 0 Å². The summed E-state index contributed by atoms with van der Waals surface area (Å²) in [6.07, 6.45) is 4.81. The van der Waals surface area contributed by atoms with Crippen LogP contribution in [-0.2, 0) is 0 Å². The van der Waals surface area contributed by atoms with Crippen molar-refractivity contribution < 1.29 is 0 Å². The highest BCUT2D eigenvalue weighted by molar-refractivity contribution is 4.93. The Kier molecular flexibility index (Phi) is 5.09. The third-order valence-electron chi connectivity index (χ3n) is 1.80. The molecule has 1 heteroatoms. The van der Waals surface area contributed by atoms with Gasteiger partial charge in [-0.25, -0.2) is 0 Å². The summed E-state index contributed by atoms with van der Waals surface area (Å²) in [5.74, 6) is 0.565. The van der Waals surface area contributed by atoms with E-state index < -0.39 is 0 Å². The minimum absolute atomic E-state index is 0.565. The zero-order valence-electron chi connectivity index (χ0n) is 7.19. The second-order valence-corrected chi connectivity index (χ2v) is 2.85. The third kappa shape index (κ3) is 3.54. The molecule has 0 saturated carbocycles. The van der Waals surface area contributed by atoms with Crippen molar-refractivity contribution in [3.8, 4) is 0 Å². The molecular weight excluding hydrogens is 122 g/mol. The molecule has 0 fully saturated rings. The molecule has 0 aliphatic heterocycles. The SMILES string of the molecule is C=C(N)C(CCC)CCC. The molecule has 0 aromatic carbocycles. The van der Waals surface area contributed by atoms with E-state index in [0.717, 1.165) is 5.70 Å². The van der Waals surface area contributed by atoms with E-state index in [4.69, 9.17) is 5.73 Å². The molecule has 0 aliphatic rings. The number of hydrogen-bond acceptors (Lipinski definition) is 1. The Bertz CT molecular complexity index is 90.9. The average molecular weight is 141 g/mol. The highest BCUT2D eigenvalue weighted by Gasteiger charge is 2.06. The minimum Gasteiger partial charge on any atom is -0.402 e. The van der Waals surface area contributed by atoms with Gasteiger partial charge in [-0.1, -0.05) is 33.3 Å². The van der Waals surface area contributed by atoms with Gasteiger partial charge in [0, 0.05) is 5.70 Å². The highest BCUT2D eigenvalue weighted by Crippen LogP contribution is 2.17. The molecule has 0 atom stereocenters. The third-order valence-corrected chi connectivity index (χ3v) is 1.80. The van der Waals surface area contributed by atoms with E-state index in [1.165, 1.54) is 25.7 Å². The maximum atomic E-state index is 5.61. The molecule has 10 heavy (non-hydrogen) atoms. The average Bonchev–Trinajstić information content (AvgIpc) is 1.87. The molecule has 60 valence electrons.